The molecule has 186 valence electrons. The van der Waals surface area contributed by atoms with E-state index in [1.165, 1.54) is 9.58 Å². The molecule has 0 radical (unpaired) electrons. The fourth-order valence-corrected chi connectivity index (χ4v) is 4.99. The van der Waals surface area contributed by atoms with Gasteiger partial charge < -0.3 is 9.84 Å². The van der Waals surface area contributed by atoms with Gasteiger partial charge in [-0.05, 0) is 56.3 Å². The van der Waals surface area contributed by atoms with Gasteiger partial charge in [-0.3, -0.25) is 14.5 Å². The average molecular weight is 507 g/mol. The lowest BCUT2D eigenvalue weighted by Gasteiger charge is -2.18. The van der Waals surface area contributed by atoms with Crippen molar-refractivity contribution in [2.75, 3.05) is 13.2 Å². The second-order valence-corrected chi connectivity index (χ2v) is 9.57. The van der Waals surface area contributed by atoms with Crippen LogP contribution in [0.4, 0.5) is 0 Å². The number of amides is 2. The molecular weight excluding hydrogens is 480 g/mol. The summed E-state index contributed by atoms with van der Waals surface area (Å²) in [5, 5.41) is 18.9. The van der Waals surface area contributed by atoms with E-state index < -0.39 is 17.7 Å². The van der Waals surface area contributed by atoms with Gasteiger partial charge in [-0.25, -0.2) is 4.68 Å². The van der Waals surface area contributed by atoms with Crippen molar-refractivity contribution in [2.24, 2.45) is 0 Å². The minimum Gasteiger partial charge on any atom is -0.858 e. The molecule has 2 aliphatic rings. The monoisotopic (exact) mass is 506 g/mol. The molecule has 36 heavy (non-hydrogen) atoms. The molecule has 2 amide bonds. The summed E-state index contributed by atoms with van der Waals surface area (Å²) in [6, 6.07) is 10.5. The molecule has 0 saturated carbocycles. The summed E-state index contributed by atoms with van der Waals surface area (Å²) < 4.78 is 8.60. The molecule has 9 heteroatoms. The van der Waals surface area contributed by atoms with Crippen molar-refractivity contribution in [3.63, 3.8) is 0 Å². The Balaban J connectivity index is 1.71. The molecule has 8 nitrogen and oxygen atoms in total. The maximum atomic E-state index is 13.9. The number of hydrogen-bond donors (Lipinski definition) is 0. The largest absolute Gasteiger partial charge is 0.858 e. The number of hydrogen-bond acceptors (Lipinski definition) is 5. The SMILES string of the molecule is CCCc1nn(-c2cccc(Cl)c2)c([O-])c1C1=C([n+]2cccc(C)c2)C(=O)N(CC2CCCO2)C1=O. The van der Waals surface area contributed by atoms with Gasteiger partial charge in [0.05, 0.1) is 24.0 Å². The highest BCUT2D eigenvalue weighted by Crippen LogP contribution is 2.38. The quantitative estimate of drug-likeness (QED) is 0.363. The number of aryl methyl sites for hydroxylation is 2. The predicted octanol–water partition coefficient (Wildman–Crippen LogP) is 3.06. The summed E-state index contributed by atoms with van der Waals surface area (Å²) in [7, 11) is 0. The zero-order valence-electron chi connectivity index (χ0n) is 20.2. The number of aromatic nitrogens is 3. The van der Waals surface area contributed by atoms with Crippen LogP contribution < -0.4 is 9.67 Å². The topological polar surface area (TPSA) is 91.4 Å². The van der Waals surface area contributed by atoms with Crippen molar-refractivity contribution in [1.82, 2.24) is 14.7 Å². The average Bonchev–Trinajstić information content (AvgIpc) is 3.54. The van der Waals surface area contributed by atoms with Crippen LogP contribution in [0.3, 0.4) is 0 Å². The van der Waals surface area contributed by atoms with Gasteiger partial charge in [0.2, 0.25) is 0 Å². The summed E-state index contributed by atoms with van der Waals surface area (Å²) in [6.45, 7) is 4.64. The first-order valence-corrected chi connectivity index (χ1v) is 12.5. The van der Waals surface area contributed by atoms with Crippen LogP contribution in [0.2, 0.25) is 5.02 Å². The van der Waals surface area contributed by atoms with Crippen molar-refractivity contribution < 1.29 is 24.0 Å². The van der Waals surface area contributed by atoms with Crippen molar-refractivity contribution in [3.8, 4) is 11.6 Å². The Morgan fingerprint density at radius 3 is 2.75 bits per heavy atom. The van der Waals surface area contributed by atoms with Crippen LogP contribution >= 0.6 is 11.6 Å². The lowest BCUT2D eigenvalue weighted by Crippen LogP contribution is -2.42. The molecule has 0 bridgehead atoms. The molecule has 2 aliphatic heterocycles. The number of rotatable bonds is 7. The number of carbonyl (C=O) groups is 2. The van der Waals surface area contributed by atoms with Crippen molar-refractivity contribution in [2.45, 2.75) is 45.6 Å². The summed E-state index contributed by atoms with van der Waals surface area (Å²) in [5.74, 6) is -1.40. The molecule has 1 atom stereocenters. The second-order valence-electron chi connectivity index (χ2n) is 9.14. The first-order valence-electron chi connectivity index (χ1n) is 12.1. The Labute approximate surface area is 214 Å². The Morgan fingerprint density at radius 1 is 1.22 bits per heavy atom. The molecular formula is C27H27ClN4O4. The smallest absolute Gasteiger partial charge is 0.327 e. The Morgan fingerprint density at radius 2 is 2.06 bits per heavy atom. The Kier molecular flexibility index (Phi) is 6.64. The van der Waals surface area contributed by atoms with E-state index in [2.05, 4.69) is 5.10 Å². The van der Waals surface area contributed by atoms with Crippen molar-refractivity contribution in [3.05, 3.63) is 70.6 Å². The van der Waals surface area contributed by atoms with Gasteiger partial charge >= 0.3 is 5.91 Å². The van der Waals surface area contributed by atoms with Crippen LogP contribution in [0.5, 0.6) is 5.88 Å². The summed E-state index contributed by atoms with van der Waals surface area (Å²) in [6.07, 6.45) is 6.13. The molecule has 0 aliphatic carbocycles. The van der Waals surface area contributed by atoms with E-state index in [-0.39, 0.29) is 29.5 Å². The number of pyridine rings is 1. The number of halogens is 1. The predicted molar refractivity (Wildman–Crippen MR) is 132 cm³/mol. The standard InChI is InChI=1S/C27H27ClN4O4/c1-3-7-21-22(26(34)32(29-21)19-10-4-9-18(28)14-19)23-24(30-12-5-8-17(2)15-30)27(35)31(25(23)33)16-20-11-6-13-36-20/h4-5,8-10,12,14-15,20H,3,6-7,11,13,16H2,1-2H3. The van der Waals surface area contributed by atoms with Gasteiger partial charge in [0.1, 0.15) is 5.57 Å². The maximum absolute atomic E-state index is 13.9. The number of carbonyl (C=O) groups excluding carboxylic acids is 2. The molecule has 1 fully saturated rings. The van der Waals surface area contributed by atoms with Gasteiger partial charge in [0.25, 0.3) is 11.6 Å². The lowest BCUT2D eigenvalue weighted by atomic mass is 10.0. The van der Waals surface area contributed by atoms with Crippen LogP contribution in [0.25, 0.3) is 17.0 Å². The highest BCUT2D eigenvalue weighted by Gasteiger charge is 2.47. The fourth-order valence-electron chi connectivity index (χ4n) is 4.81. The first kappa shape index (κ1) is 24.2. The third-order valence-electron chi connectivity index (χ3n) is 6.47. The van der Waals surface area contributed by atoms with E-state index in [9.17, 15) is 14.7 Å². The lowest BCUT2D eigenvalue weighted by molar-refractivity contribution is -0.577. The van der Waals surface area contributed by atoms with E-state index >= 15 is 0 Å². The summed E-state index contributed by atoms with van der Waals surface area (Å²) >= 11 is 6.17. The number of ether oxygens (including phenoxy) is 1. The normalized spacial score (nSPS) is 18.1. The number of nitrogens with zero attached hydrogens (tertiary/aromatic N) is 4. The number of imide groups is 1. The van der Waals surface area contributed by atoms with Crippen molar-refractivity contribution in [1.29, 1.82) is 0 Å². The molecule has 3 aromatic rings. The zero-order chi connectivity index (χ0) is 25.4. The number of benzene rings is 1. The molecule has 1 unspecified atom stereocenters. The third-order valence-corrected chi connectivity index (χ3v) is 6.70. The fraction of sp³-hybridized carbons (Fsp3) is 0.333. The van der Waals surface area contributed by atoms with Crippen LogP contribution in [0.15, 0.2) is 48.8 Å². The van der Waals surface area contributed by atoms with E-state index in [1.807, 2.05) is 19.9 Å². The molecule has 1 saturated heterocycles. The molecule has 0 spiro atoms. The van der Waals surface area contributed by atoms with Gasteiger partial charge in [-0.2, -0.15) is 9.67 Å². The van der Waals surface area contributed by atoms with Crippen LogP contribution in [0, 0.1) is 6.92 Å². The van der Waals surface area contributed by atoms with Gasteiger partial charge in [0, 0.05) is 28.8 Å². The van der Waals surface area contributed by atoms with Gasteiger partial charge in [-0.1, -0.05) is 31.0 Å². The molecule has 2 aromatic heterocycles. The van der Waals surface area contributed by atoms with E-state index in [0.717, 1.165) is 18.4 Å². The van der Waals surface area contributed by atoms with Gasteiger partial charge in [-0.15, -0.1) is 0 Å². The molecule has 0 N–H and O–H groups in total. The highest BCUT2D eigenvalue weighted by atomic mass is 35.5. The third kappa shape index (κ3) is 4.31. The Hall–Kier alpha value is -3.49. The minimum atomic E-state index is -0.500. The van der Waals surface area contributed by atoms with E-state index in [1.54, 1.807) is 47.3 Å². The van der Waals surface area contributed by atoms with Crippen LogP contribution in [-0.2, 0) is 20.7 Å². The molecule has 4 heterocycles. The zero-order valence-corrected chi connectivity index (χ0v) is 21.0. The van der Waals surface area contributed by atoms with Crippen molar-refractivity contribution >= 4 is 34.7 Å². The summed E-state index contributed by atoms with van der Waals surface area (Å²) in [5.41, 5.74) is 2.27. The van der Waals surface area contributed by atoms with Crippen LogP contribution in [0.1, 0.15) is 43.0 Å². The summed E-state index contributed by atoms with van der Waals surface area (Å²) in [4.78, 5) is 28.8. The van der Waals surface area contributed by atoms with Crippen LogP contribution in [-0.4, -0.2) is 45.8 Å². The van der Waals surface area contributed by atoms with E-state index in [0.29, 0.717) is 35.9 Å². The molecule has 5 rings (SSSR count). The second kappa shape index (κ2) is 9.87. The highest BCUT2D eigenvalue weighted by molar-refractivity contribution is 6.45. The maximum Gasteiger partial charge on any atom is 0.327 e. The van der Waals surface area contributed by atoms with Gasteiger partial charge in [0.15, 0.2) is 12.4 Å². The Bertz CT molecular complexity index is 1370. The van der Waals surface area contributed by atoms with E-state index in [4.69, 9.17) is 16.3 Å². The molecule has 1 aromatic carbocycles. The minimum absolute atomic E-state index is 0.0790. The first-order chi connectivity index (χ1) is 17.4.